The van der Waals surface area contributed by atoms with Gasteiger partial charge in [0.2, 0.25) is 21.1 Å². The number of benzene rings is 1. The van der Waals surface area contributed by atoms with Gasteiger partial charge in [-0.25, -0.2) is 8.42 Å². The summed E-state index contributed by atoms with van der Waals surface area (Å²) in [4.78, 5) is 12.1. The molecule has 1 aromatic carbocycles. The van der Waals surface area contributed by atoms with Crippen LogP contribution in [0.2, 0.25) is 0 Å². The highest BCUT2D eigenvalue weighted by Crippen LogP contribution is 2.32. The number of sulfonamides is 2. The second-order valence-corrected chi connectivity index (χ2v) is 13.3. The molecule has 1 amide bonds. The predicted octanol–water partition coefficient (Wildman–Crippen LogP) is 2.51. The van der Waals surface area contributed by atoms with Crippen LogP contribution in [0.15, 0.2) is 27.4 Å². The van der Waals surface area contributed by atoms with Crippen molar-refractivity contribution in [3.05, 3.63) is 18.2 Å². The van der Waals surface area contributed by atoms with E-state index in [1.54, 1.807) is 20.8 Å². The number of methoxy groups -OCH3 is 1. The van der Waals surface area contributed by atoms with Gasteiger partial charge in [-0.1, -0.05) is 38.5 Å². The fourth-order valence-electron chi connectivity index (χ4n) is 3.02. The number of aromatic nitrogens is 2. The van der Waals surface area contributed by atoms with Crippen molar-refractivity contribution in [1.82, 2.24) is 14.5 Å². The number of nitrogens with one attached hydrogen (secondary N) is 2. The zero-order valence-electron chi connectivity index (χ0n) is 18.8. The SMILES string of the molecule is COc1ccc(S(=O)(=O)N2CCCCC2)cc1NS(=O)(=O)c1nnc(NC(=O)C(C)(C)C)s1. The van der Waals surface area contributed by atoms with Crippen LogP contribution in [-0.4, -0.2) is 57.4 Å². The number of carbonyl (C=O) groups is 1. The van der Waals surface area contributed by atoms with E-state index in [1.807, 2.05) is 0 Å². The molecule has 14 heteroatoms. The van der Waals surface area contributed by atoms with E-state index >= 15 is 0 Å². The molecule has 1 saturated heterocycles. The van der Waals surface area contributed by atoms with Gasteiger partial charge in [-0.05, 0) is 31.0 Å². The van der Waals surface area contributed by atoms with Crippen molar-refractivity contribution in [1.29, 1.82) is 0 Å². The third kappa shape index (κ3) is 5.80. The monoisotopic (exact) mass is 517 g/mol. The lowest BCUT2D eigenvalue weighted by Gasteiger charge is -2.26. The number of anilines is 2. The van der Waals surface area contributed by atoms with Gasteiger partial charge in [-0.3, -0.25) is 9.52 Å². The van der Waals surface area contributed by atoms with Gasteiger partial charge in [-0.2, -0.15) is 12.7 Å². The van der Waals surface area contributed by atoms with Gasteiger partial charge in [0.15, 0.2) is 0 Å². The first-order valence-electron chi connectivity index (χ1n) is 10.2. The smallest absolute Gasteiger partial charge is 0.291 e. The highest BCUT2D eigenvalue weighted by atomic mass is 32.2. The Balaban J connectivity index is 1.87. The molecule has 1 fully saturated rings. The van der Waals surface area contributed by atoms with Crippen LogP contribution in [0.4, 0.5) is 10.8 Å². The Morgan fingerprint density at radius 2 is 1.76 bits per heavy atom. The average Bonchev–Trinajstić information content (AvgIpc) is 3.23. The number of rotatable bonds is 7. The number of hydrogen-bond acceptors (Lipinski definition) is 9. The van der Waals surface area contributed by atoms with Crippen LogP contribution >= 0.6 is 11.3 Å². The molecule has 2 heterocycles. The molecule has 2 aromatic rings. The zero-order chi connectivity index (χ0) is 24.4. The van der Waals surface area contributed by atoms with Gasteiger partial charge in [0.1, 0.15) is 5.75 Å². The molecule has 1 aromatic heterocycles. The lowest BCUT2D eigenvalue weighted by atomic mass is 9.96. The summed E-state index contributed by atoms with van der Waals surface area (Å²) < 4.78 is 60.4. The first kappa shape index (κ1) is 25.3. The van der Waals surface area contributed by atoms with E-state index in [1.165, 1.54) is 29.6 Å². The zero-order valence-corrected chi connectivity index (χ0v) is 21.2. The average molecular weight is 518 g/mol. The third-order valence-electron chi connectivity index (χ3n) is 4.91. The number of nitrogens with zero attached hydrogens (tertiary/aromatic N) is 3. The van der Waals surface area contributed by atoms with E-state index in [2.05, 4.69) is 20.2 Å². The fraction of sp³-hybridized carbons (Fsp3) is 0.526. The highest BCUT2D eigenvalue weighted by Gasteiger charge is 2.29. The van der Waals surface area contributed by atoms with E-state index in [9.17, 15) is 21.6 Å². The van der Waals surface area contributed by atoms with Gasteiger partial charge in [-0.15, -0.1) is 10.2 Å². The summed E-state index contributed by atoms with van der Waals surface area (Å²) in [7, 11) is -6.67. The first-order chi connectivity index (χ1) is 15.3. The standard InChI is InChI=1S/C19H27N5O6S3/c1-19(2,3)16(25)20-17-21-22-18(31-17)32(26,27)23-14-12-13(8-9-15(14)30-4)33(28,29)24-10-6-5-7-11-24/h8-9,12,23H,5-7,10-11H2,1-4H3,(H,20,21,25). The number of ether oxygens (including phenoxy) is 1. The molecule has 0 aliphatic carbocycles. The van der Waals surface area contributed by atoms with Gasteiger partial charge in [0.05, 0.1) is 17.7 Å². The number of piperidine rings is 1. The van der Waals surface area contributed by atoms with E-state index in [0.717, 1.165) is 19.3 Å². The Hall–Kier alpha value is -2.29. The summed E-state index contributed by atoms with van der Waals surface area (Å²) in [5.41, 5.74) is -0.748. The summed E-state index contributed by atoms with van der Waals surface area (Å²) in [6, 6.07) is 4.00. The molecule has 3 rings (SSSR count). The Kier molecular flexibility index (Phi) is 7.31. The number of amides is 1. The van der Waals surface area contributed by atoms with Crippen LogP contribution in [0.5, 0.6) is 5.75 Å². The molecular formula is C19H27N5O6S3. The highest BCUT2D eigenvalue weighted by molar-refractivity contribution is 7.94. The Bertz CT molecular complexity index is 1230. The topological polar surface area (TPSA) is 148 Å². The molecule has 0 spiro atoms. The summed E-state index contributed by atoms with van der Waals surface area (Å²) in [6.45, 7) is 5.96. The molecule has 0 bridgehead atoms. The lowest BCUT2D eigenvalue weighted by Crippen LogP contribution is -2.35. The van der Waals surface area contributed by atoms with Crippen molar-refractivity contribution in [3.63, 3.8) is 0 Å². The maximum absolute atomic E-state index is 13.0. The van der Waals surface area contributed by atoms with Crippen LogP contribution in [-0.2, 0) is 24.8 Å². The van der Waals surface area contributed by atoms with Crippen molar-refractivity contribution < 1.29 is 26.4 Å². The normalized spacial score (nSPS) is 15.8. The summed E-state index contributed by atoms with van der Waals surface area (Å²) in [5.74, 6) is -0.199. The lowest BCUT2D eigenvalue weighted by molar-refractivity contribution is -0.123. The predicted molar refractivity (Wildman–Crippen MR) is 124 cm³/mol. The molecule has 0 unspecified atom stereocenters. The number of hydrogen-bond donors (Lipinski definition) is 2. The molecule has 2 N–H and O–H groups in total. The van der Waals surface area contributed by atoms with Crippen molar-refractivity contribution in [2.24, 2.45) is 5.41 Å². The third-order valence-corrected chi connectivity index (χ3v) is 9.37. The minimum atomic E-state index is -4.23. The Labute approximate surface area is 197 Å². The molecule has 1 aliphatic rings. The van der Waals surface area contributed by atoms with Crippen molar-refractivity contribution >= 4 is 48.1 Å². The minimum Gasteiger partial charge on any atom is -0.495 e. The summed E-state index contributed by atoms with van der Waals surface area (Å²) in [5, 5.41) is 9.94. The Morgan fingerprint density at radius 3 is 2.36 bits per heavy atom. The van der Waals surface area contributed by atoms with Crippen molar-refractivity contribution in [2.75, 3.05) is 30.2 Å². The van der Waals surface area contributed by atoms with Crippen LogP contribution in [0.1, 0.15) is 40.0 Å². The second kappa shape index (κ2) is 9.52. The van der Waals surface area contributed by atoms with Gasteiger partial charge in [0, 0.05) is 18.5 Å². The first-order valence-corrected chi connectivity index (χ1v) is 13.9. The van der Waals surface area contributed by atoms with E-state index in [4.69, 9.17) is 4.74 Å². The molecule has 1 aliphatic heterocycles. The molecule has 182 valence electrons. The van der Waals surface area contributed by atoms with Gasteiger partial charge >= 0.3 is 0 Å². The van der Waals surface area contributed by atoms with Crippen LogP contribution in [0.25, 0.3) is 0 Å². The second-order valence-electron chi connectivity index (χ2n) is 8.51. The Morgan fingerprint density at radius 1 is 1.09 bits per heavy atom. The molecule has 0 saturated carbocycles. The largest absolute Gasteiger partial charge is 0.495 e. The quantitative estimate of drug-likeness (QED) is 0.532. The molecule has 33 heavy (non-hydrogen) atoms. The molecule has 0 radical (unpaired) electrons. The van der Waals surface area contributed by atoms with Gasteiger partial charge < -0.3 is 10.1 Å². The molecule has 11 nitrogen and oxygen atoms in total. The van der Waals surface area contributed by atoms with Crippen LogP contribution in [0.3, 0.4) is 0 Å². The molecule has 0 atom stereocenters. The van der Waals surface area contributed by atoms with E-state index in [0.29, 0.717) is 24.4 Å². The summed E-state index contributed by atoms with van der Waals surface area (Å²) in [6.07, 6.45) is 2.53. The van der Waals surface area contributed by atoms with Crippen LogP contribution < -0.4 is 14.8 Å². The van der Waals surface area contributed by atoms with Crippen molar-refractivity contribution in [3.8, 4) is 5.75 Å². The number of carbonyl (C=O) groups excluding carboxylic acids is 1. The maximum Gasteiger partial charge on any atom is 0.291 e. The molecular weight excluding hydrogens is 490 g/mol. The van der Waals surface area contributed by atoms with Crippen LogP contribution in [0, 0.1) is 5.41 Å². The van der Waals surface area contributed by atoms with E-state index in [-0.39, 0.29) is 27.4 Å². The minimum absolute atomic E-state index is 0.0312. The van der Waals surface area contributed by atoms with Gasteiger partial charge in [0.25, 0.3) is 14.4 Å². The fourth-order valence-corrected chi connectivity index (χ4v) is 6.53. The maximum atomic E-state index is 13.0. The van der Waals surface area contributed by atoms with Crippen molar-refractivity contribution in [2.45, 2.75) is 49.3 Å². The summed E-state index contributed by atoms with van der Waals surface area (Å²) >= 11 is 0.678. The van der Waals surface area contributed by atoms with E-state index < -0.39 is 29.8 Å².